The highest BCUT2D eigenvalue weighted by molar-refractivity contribution is 6.33. The molecule has 0 aromatic heterocycles. The lowest BCUT2D eigenvalue weighted by atomic mass is 9.97. The summed E-state index contributed by atoms with van der Waals surface area (Å²) in [6, 6.07) is 0.990. The van der Waals surface area contributed by atoms with Crippen molar-refractivity contribution >= 4 is 23.4 Å². The lowest BCUT2D eigenvalue weighted by Gasteiger charge is -2.18. The van der Waals surface area contributed by atoms with E-state index < -0.39 is 11.7 Å². The number of phenolic OH excluding ortho intramolecular Hbond substituents is 2. The van der Waals surface area contributed by atoms with Crippen LogP contribution in [0.5, 0.6) is 11.5 Å². The van der Waals surface area contributed by atoms with Crippen LogP contribution in [0.15, 0.2) is 6.07 Å². The van der Waals surface area contributed by atoms with E-state index in [-0.39, 0.29) is 40.2 Å². The predicted molar refractivity (Wildman–Crippen MR) is 81.5 cm³/mol. The Morgan fingerprint density at radius 1 is 1.18 bits per heavy atom. The molecule has 1 aliphatic heterocycles. The zero-order chi connectivity index (χ0) is 16.3. The number of esters is 1. The number of fused-ring (bicyclic) bond motifs is 1. The van der Waals surface area contributed by atoms with Crippen LogP contribution in [0.1, 0.15) is 54.9 Å². The molecule has 0 amide bonds. The Hall–Kier alpha value is -1.75. The van der Waals surface area contributed by atoms with Gasteiger partial charge in [-0.05, 0) is 26.2 Å². The number of aromatic hydroxyl groups is 2. The summed E-state index contributed by atoms with van der Waals surface area (Å²) in [5.41, 5.74) is -0.00878. The Kier molecular flexibility index (Phi) is 5.29. The molecule has 0 spiro atoms. The smallest absolute Gasteiger partial charge is 0.342 e. The standard InChI is InChI=1S/C16H19ClO5/c1-9-5-3-2-4-6-10(18)7-11-14(16(21)22-9)12(19)8-13(20)15(11)17/h8-9,19-20H,2-7H2,1H3/t9-/m0/s1. The van der Waals surface area contributed by atoms with Crippen LogP contribution in [-0.2, 0) is 16.0 Å². The molecule has 1 aromatic carbocycles. The van der Waals surface area contributed by atoms with E-state index in [2.05, 4.69) is 0 Å². The molecule has 0 fully saturated rings. The SMILES string of the molecule is C[C@H]1CCCCCC(=O)Cc2c(Cl)c(O)cc(O)c2C(=O)O1. The van der Waals surface area contributed by atoms with Gasteiger partial charge in [0.25, 0.3) is 0 Å². The van der Waals surface area contributed by atoms with E-state index in [1.165, 1.54) is 0 Å². The predicted octanol–water partition coefficient (Wildman–Crippen LogP) is 3.37. The zero-order valence-electron chi connectivity index (χ0n) is 12.4. The molecule has 6 heteroatoms. The minimum atomic E-state index is -0.727. The second-order valence-corrected chi connectivity index (χ2v) is 5.99. The molecule has 0 saturated carbocycles. The van der Waals surface area contributed by atoms with Crippen LogP contribution in [0, 0.1) is 0 Å². The molecule has 1 heterocycles. The van der Waals surface area contributed by atoms with Crippen molar-refractivity contribution in [2.45, 2.75) is 51.6 Å². The van der Waals surface area contributed by atoms with Crippen LogP contribution < -0.4 is 0 Å². The molecule has 1 atom stereocenters. The van der Waals surface area contributed by atoms with Gasteiger partial charge in [0, 0.05) is 24.5 Å². The number of hydrogen-bond acceptors (Lipinski definition) is 5. The number of ether oxygens (including phenoxy) is 1. The second-order valence-electron chi connectivity index (χ2n) is 5.61. The zero-order valence-corrected chi connectivity index (χ0v) is 13.2. The van der Waals surface area contributed by atoms with E-state index >= 15 is 0 Å². The lowest BCUT2D eigenvalue weighted by molar-refractivity contribution is -0.118. The van der Waals surface area contributed by atoms with Gasteiger partial charge in [-0.15, -0.1) is 0 Å². The first-order valence-electron chi connectivity index (χ1n) is 7.36. The summed E-state index contributed by atoms with van der Waals surface area (Å²) in [5.74, 6) is -1.61. The summed E-state index contributed by atoms with van der Waals surface area (Å²) in [5, 5.41) is 19.6. The molecule has 0 aliphatic carbocycles. The van der Waals surface area contributed by atoms with E-state index in [4.69, 9.17) is 16.3 Å². The number of phenols is 2. The van der Waals surface area contributed by atoms with Gasteiger partial charge >= 0.3 is 5.97 Å². The van der Waals surface area contributed by atoms with Gasteiger partial charge in [-0.1, -0.05) is 18.0 Å². The number of benzene rings is 1. The summed E-state index contributed by atoms with van der Waals surface area (Å²) in [6.45, 7) is 1.79. The van der Waals surface area contributed by atoms with Crippen molar-refractivity contribution in [3.63, 3.8) is 0 Å². The van der Waals surface area contributed by atoms with Crippen LogP contribution >= 0.6 is 11.6 Å². The first kappa shape index (κ1) is 16.6. The molecule has 1 aromatic rings. The number of halogens is 1. The van der Waals surface area contributed by atoms with Crippen LogP contribution in [0.25, 0.3) is 0 Å². The van der Waals surface area contributed by atoms with E-state index in [9.17, 15) is 19.8 Å². The average molecular weight is 327 g/mol. The maximum atomic E-state index is 12.3. The number of rotatable bonds is 0. The molecule has 2 N–H and O–H groups in total. The summed E-state index contributed by atoms with van der Waals surface area (Å²) in [7, 11) is 0. The Labute approximate surface area is 133 Å². The first-order chi connectivity index (χ1) is 10.4. The summed E-state index contributed by atoms with van der Waals surface area (Å²) < 4.78 is 5.31. The molecule has 1 aliphatic rings. The highest BCUT2D eigenvalue weighted by Crippen LogP contribution is 2.37. The monoisotopic (exact) mass is 326 g/mol. The maximum Gasteiger partial charge on any atom is 0.342 e. The van der Waals surface area contributed by atoms with Gasteiger partial charge in [0.2, 0.25) is 0 Å². The normalized spacial score (nSPS) is 20.5. The van der Waals surface area contributed by atoms with Crippen molar-refractivity contribution in [1.29, 1.82) is 0 Å². The van der Waals surface area contributed by atoms with E-state index in [0.717, 1.165) is 25.3 Å². The summed E-state index contributed by atoms with van der Waals surface area (Å²) in [4.78, 5) is 24.3. The van der Waals surface area contributed by atoms with Crippen molar-refractivity contribution in [1.82, 2.24) is 0 Å². The third-order valence-corrected chi connectivity index (χ3v) is 4.20. The quantitative estimate of drug-likeness (QED) is 0.714. The molecule has 0 radical (unpaired) electrons. The third kappa shape index (κ3) is 3.71. The Morgan fingerprint density at radius 3 is 2.64 bits per heavy atom. The number of hydrogen-bond donors (Lipinski definition) is 2. The third-order valence-electron chi connectivity index (χ3n) is 3.77. The van der Waals surface area contributed by atoms with Gasteiger partial charge in [0.1, 0.15) is 22.8 Å². The minimum Gasteiger partial charge on any atom is -0.507 e. The minimum absolute atomic E-state index is 0.0884. The van der Waals surface area contributed by atoms with Crippen molar-refractivity contribution < 1.29 is 24.5 Å². The van der Waals surface area contributed by atoms with Crippen molar-refractivity contribution in [3.05, 3.63) is 22.2 Å². The molecule has 0 bridgehead atoms. The number of carbonyl (C=O) groups is 2. The largest absolute Gasteiger partial charge is 0.507 e. The van der Waals surface area contributed by atoms with Gasteiger partial charge < -0.3 is 14.9 Å². The Morgan fingerprint density at radius 2 is 1.91 bits per heavy atom. The van der Waals surface area contributed by atoms with Crippen molar-refractivity contribution in [3.8, 4) is 11.5 Å². The van der Waals surface area contributed by atoms with Gasteiger partial charge in [-0.25, -0.2) is 4.79 Å². The number of cyclic esters (lactones) is 1. The molecule has 22 heavy (non-hydrogen) atoms. The molecule has 5 nitrogen and oxygen atoms in total. The van der Waals surface area contributed by atoms with Crippen molar-refractivity contribution in [2.75, 3.05) is 0 Å². The average Bonchev–Trinajstić information content (AvgIpc) is 2.42. The Bertz CT molecular complexity index is 597. The lowest BCUT2D eigenvalue weighted by Crippen LogP contribution is -2.19. The Balaban J connectivity index is 2.48. The molecule has 0 unspecified atom stereocenters. The van der Waals surface area contributed by atoms with Gasteiger partial charge in [0.05, 0.1) is 11.1 Å². The van der Waals surface area contributed by atoms with Gasteiger partial charge in [-0.3, -0.25) is 4.79 Å². The van der Waals surface area contributed by atoms with E-state index in [1.807, 2.05) is 0 Å². The fourth-order valence-corrected chi connectivity index (χ4v) is 2.81. The molecular weight excluding hydrogens is 308 g/mol. The number of ketones is 1. The highest BCUT2D eigenvalue weighted by atomic mass is 35.5. The molecular formula is C16H19ClO5. The van der Waals surface area contributed by atoms with Crippen LogP contribution in [0.2, 0.25) is 5.02 Å². The topological polar surface area (TPSA) is 83.8 Å². The van der Waals surface area contributed by atoms with Crippen LogP contribution in [0.4, 0.5) is 0 Å². The fourth-order valence-electron chi connectivity index (χ4n) is 2.59. The van der Waals surface area contributed by atoms with Crippen molar-refractivity contribution in [2.24, 2.45) is 0 Å². The van der Waals surface area contributed by atoms with Gasteiger partial charge in [-0.2, -0.15) is 0 Å². The fraction of sp³-hybridized carbons (Fsp3) is 0.500. The maximum absolute atomic E-state index is 12.3. The first-order valence-corrected chi connectivity index (χ1v) is 7.74. The van der Waals surface area contributed by atoms with E-state index in [1.54, 1.807) is 6.92 Å². The van der Waals surface area contributed by atoms with Gasteiger partial charge in [0.15, 0.2) is 0 Å². The summed E-state index contributed by atoms with van der Waals surface area (Å²) in [6.07, 6.45) is 3.20. The molecule has 2 rings (SSSR count). The molecule has 120 valence electrons. The van der Waals surface area contributed by atoms with Crippen LogP contribution in [-0.4, -0.2) is 28.1 Å². The molecule has 0 saturated heterocycles. The van der Waals surface area contributed by atoms with Crippen LogP contribution in [0.3, 0.4) is 0 Å². The number of carbonyl (C=O) groups excluding carboxylic acids is 2. The van der Waals surface area contributed by atoms with E-state index in [0.29, 0.717) is 12.8 Å². The summed E-state index contributed by atoms with van der Waals surface area (Å²) >= 11 is 6.02. The highest BCUT2D eigenvalue weighted by Gasteiger charge is 2.26. The second kappa shape index (κ2) is 7.01. The number of Topliss-reactive ketones (excluding diaryl/α,β-unsaturated/α-hetero) is 1.